The number of hydrogen-bond donors (Lipinski definition) is 0. The standard InChI is InChI=1S/C22H27N3O/c26-22(18-10-4-3-5-11-18)25-17-9-13-20(25)19-12-8-14-23-21(19)24-15-6-1-2-7-16-24/h3-5,8,10-12,14,20H,1-2,6-7,9,13,15-17H2/t20-/m1/s1. The molecule has 3 heterocycles. The number of likely N-dealkylation sites (tertiary alicyclic amines) is 1. The van der Waals surface area contributed by atoms with E-state index in [1.165, 1.54) is 31.2 Å². The molecule has 0 radical (unpaired) electrons. The first-order valence-electron chi connectivity index (χ1n) is 9.90. The molecule has 0 spiro atoms. The van der Waals surface area contributed by atoms with Gasteiger partial charge in [0.05, 0.1) is 6.04 Å². The van der Waals surface area contributed by atoms with Crippen LogP contribution in [-0.2, 0) is 0 Å². The highest BCUT2D eigenvalue weighted by Crippen LogP contribution is 2.37. The minimum absolute atomic E-state index is 0.134. The Kier molecular flexibility index (Phi) is 5.19. The average molecular weight is 349 g/mol. The predicted molar refractivity (Wildman–Crippen MR) is 104 cm³/mol. The molecule has 2 aromatic rings. The molecule has 26 heavy (non-hydrogen) atoms. The summed E-state index contributed by atoms with van der Waals surface area (Å²) < 4.78 is 0. The van der Waals surface area contributed by atoms with Gasteiger partial charge in [-0.3, -0.25) is 4.79 Å². The fourth-order valence-electron chi connectivity index (χ4n) is 4.30. The lowest BCUT2D eigenvalue weighted by atomic mass is 10.0. The summed E-state index contributed by atoms with van der Waals surface area (Å²) in [6, 6.07) is 14.0. The molecule has 1 amide bonds. The second-order valence-electron chi connectivity index (χ2n) is 7.34. The molecule has 0 unspecified atom stereocenters. The van der Waals surface area contributed by atoms with Gasteiger partial charge in [-0.2, -0.15) is 0 Å². The molecule has 4 nitrogen and oxygen atoms in total. The summed E-state index contributed by atoms with van der Waals surface area (Å²) in [5.41, 5.74) is 2.00. The Morgan fingerprint density at radius 1 is 0.885 bits per heavy atom. The van der Waals surface area contributed by atoms with E-state index in [1.54, 1.807) is 0 Å². The van der Waals surface area contributed by atoms with Crippen molar-refractivity contribution < 1.29 is 4.79 Å². The molecule has 1 aromatic heterocycles. The van der Waals surface area contributed by atoms with Crippen molar-refractivity contribution in [2.75, 3.05) is 24.5 Å². The number of carbonyl (C=O) groups is 1. The van der Waals surface area contributed by atoms with Crippen molar-refractivity contribution in [2.45, 2.75) is 44.6 Å². The summed E-state index contributed by atoms with van der Waals surface area (Å²) in [5.74, 6) is 1.23. The highest BCUT2D eigenvalue weighted by Gasteiger charge is 2.33. The van der Waals surface area contributed by atoms with E-state index in [9.17, 15) is 4.79 Å². The summed E-state index contributed by atoms with van der Waals surface area (Å²) in [6.45, 7) is 2.97. The van der Waals surface area contributed by atoms with Crippen molar-refractivity contribution in [2.24, 2.45) is 0 Å². The SMILES string of the molecule is O=C(c1ccccc1)N1CCC[C@@H]1c1cccnc1N1CCCCCC1. The van der Waals surface area contributed by atoms with E-state index in [1.807, 2.05) is 47.5 Å². The lowest BCUT2D eigenvalue weighted by molar-refractivity contribution is 0.0736. The van der Waals surface area contributed by atoms with Gasteiger partial charge in [0.1, 0.15) is 5.82 Å². The van der Waals surface area contributed by atoms with Crippen LogP contribution >= 0.6 is 0 Å². The van der Waals surface area contributed by atoms with Crippen molar-refractivity contribution in [3.8, 4) is 0 Å². The van der Waals surface area contributed by atoms with Crippen LogP contribution in [0.15, 0.2) is 48.7 Å². The van der Waals surface area contributed by atoms with Crippen molar-refractivity contribution in [3.63, 3.8) is 0 Å². The maximum Gasteiger partial charge on any atom is 0.254 e. The van der Waals surface area contributed by atoms with E-state index >= 15 is 0 Å². The zero-order valence-corrected chi connectivity index (χ0v) is 15.3. The summed E-state index contributed by atoms with van der Waals surface area (Å²) in [6.07, 6.45) is 9.03. The van der Waals surface area contributed by atoms with E-state index in [4.69, 9.17) is 4.98 Å². The van der Waals surface area contributed by atoms with Gasteiger partial charge in [0.25, 0.3) is 5.91 Å². The third kappa shape index (κ3) is 3.46. The van der Waals surface area contributed by atoms with Gasteiger partial charge in [-0.1, -0.05) is 37.1 Å². The highest BCUT2D eigenvalue weighted by molar-refractivity contribution is 5.94. The molecule has 0 N–H and O–H groups in total. The van der Waals surface area contributed by atoms with Gasteiger partial charge in [-0.15, -0.1) is 0 Å². The number of rotatable bonds is 3. The van der Waals surface area contributed by atoms with Crippen LogP contribution in [0.1, 0.15) is 60.5 Å². The number of benzene rings is 1. The van der Waals surface area contributed by atoms with Gasteiger partial charge in [0.15, 0.2) is 0 Å². The number of carbonyl (C=O) groups excluding carboxylic acids is 1. The molecular formula is C22H27N3O. The second kappa shape index (κ2) is 7.90. The molecule has 2 fully saturated rings. The monoisotopic (exact) mass is 349 g/mol. The largest absolute Gasteiger partial charge is 0.356 e. The number of nitrogens with zero attached hydrogens (tertiary/aromatic N) is 3. The molecule has 136 valence electrons. The Hall–Kier alpha value is -2.36. The fourth-order valence-corrected chi connectivity index (χ4v) is 4.30. The third-order valence-corrected chi connectivity index (χ3v) is 5.62. The van der Waals surface area contributed by atoms with Gasteiger partial charge in [0, 0.05) is 37.0 Å². The second-order valence-corrected chi connectivity index (χ2v) is 7.34. The number of anilines is 1. The molecule has 2 aliphatic rings. The Morgan fingerprint density at radius 2 is 1.65 bits per heavy atom. The number of amides is 1. The zero-order valence-electron chi connectivity index (χ0n) is 15.3. The lowest BCUT2D eigenvalue weighted by Crippen LogP contribution is -2.33. The normalized spacial score (nSPS) is 20.8. The van der Waals surface area contributed by atoms with Crippen molar-refractivity contribution in [1.29, 1.82) is 0 Å². The Bertz CT molecular complexity index is 738. The van der Waals surface area contributed by atoms with Gasteiger partial charge < -0.3 is 9.80 Å². The first-order chi connectivity index (χ1) is 12.8. The van der Waals surface area contributed by atoms with Crippen LogP contribution in [0.25, 0.3) is 0 Å². The highest BCUT2D eigenvalue weighted by atomic mass is 16.2. The topological polar surface area (TPSA) is 36.4 Å². The van der Waals surface area contributed by atoms with Crippen molar-refractivity contribution >= 4 is 11.7 Å². The Labute approximate surface area is 155 Å². The van der Waals surface area contributed by atoms with Crippen LogP contribution < -0.4 is 4.90 Å². The van der Waals surface area contributed by atoms with Gasteiger partial charge in [-0.05, 0) is 43.9 Å². The number of aromatic nitrogens is 1. The minimum Gasteiger partial charge on any atom is -0.356 e. The number of pyridine rings is 1. The third-order valence-electron chi connectivity index (χ3n) is 5.62. The summed E-state index contributed by atoms with van der Waals surface area (Å²) in [5, 5.41) is 0. The lowest BCUT2D eigenvalue weighted by Gasteiger charge is -2.30. The average Bonchev–Trinajstić information content (AvgIpc) is 3.03. The van der Waals surface area contributed by atoms with Crippen LogP contribution in [0.4, 0.5) is 5.82 Å². The molecular weight excluding hydrogens is 322 g/mol. The van der Waals surface area contributed by atoms with Crippen LogP contribution in [0.5, 0.6) is 0 Å². The quantitative estimate of drug-likeness (QED) is 0.822. The number of hydrogen-bond acceptors (Lipinski definition) is 3. The Morgan fingerprint density at radius 3 is 2.42 bits per heavy atom. The van der Waals surface area contributed by atoms with Crippen LogP contribution in [0.2, 0.25) is 0 Å². The molecule has 1 aromatic carbocycles. The van der Waals surface area contributed by atoms with Crippen LogP contribution in [0.3, 0.4) is 0 Å². The molecule has 2 saturated heterocycles. The first kappa shape index (κ1) is 17.1. The van der Waals surface area contributed by atoms with E-state index < -0.39 is 0 Å². The summed E-state index contributed by atoms with van der Waals surface area (Å²) in [7, 11) is 0. The van der Waals surface area contributed by atoms with Crippen LogP contribution in [-0.4, -0.2) is 35.4 Å². The van der Waals surface area contributed by atoms with Crippen molar-refractivity contribution in [3.05, 3.63) is 59.8 Å². The maximum absolute atomic E-state index is 13.1. The molecule has 0 aliphatic carbocycles. The van der Waals surface area contributed by atoms with Gasteiger partial charge in [-0.25, -0.2) is 4.98 Å². The van der Waals surface area contributed by atoms with E-state index in [2.05, 4.69) is 11.0 Å². The van der Waals surface area contributed by atoms with E-state index in [-0.39, 0.29) is 11.9 Å². The first-order valence-corrected chi connectivity index (χ1v) is 9.90. The fraction of sp³-hybridized carbons (Fsp3) is 0.455. The smallest absolute Gasteiger partial charge is 0.254 e. The molecule has 4 rings (SSSR count). The van der Waals surface area contributed by atoms with E-state index in [0.717, 1.165) is 43.9 Å². The molecule has 1 atom stereocenters. The summed E-state index contributed by atoms with van der Waals surface area (Å²) in [4.78, 5) is 22.3. The van der Waals surface area contributed by atoms with Crippen molar-refractivity contribution in [1.82, 2.24) is 9.88 Å². The molecule has 2 aliphatic heterocycles. The predicted octanol–water partition coefficient (Wildman–Crippen LogP) is 4.44. The minimum atomic E-state index is 0.134. The van der Waals surface area contributed by atoms with Gasteiger partial charge >= 0.3 is 0 Å². The van der Waals surface area contributed by atoms with Crippen LogP contribution in [0, 0.1) is 0 Å². The maximum atomic E-state index is 13.1. The zero-order chi connectivity index (χ0) is 17.8. The van der Waals surface area contributed by atoms with Gasteiger partial charge in [0.2, 0.25) is 0 Å². The van der Waals surface area contributed by atoms with E-state index in [0.29, 0.717) is 0 Å². The molecule has 4 heteroatoms. The molecule has 0 saturated carbocycles. The Balaban J connectivity index is 1.63. The summed E-state index contributed by atoms with van der Waals surface area (Å²) >= 11 is 0. The molecule has 0 bridgehead atoms.